The van der Waals surface area contributed by atoms with Crippen LogP contribution in [0, 0.1) is 0 Å². The minimum Gasteiger partial charge on any atom is -0.478 e. The Morgan fingerprint density at radius 1 is 1.00 bits per heavy atom. The number of anilines is 1. The summed E-state index contributed by atoms with van der Waals surface area (Å²) in [5.74, 6) is -0.647. The van der Waals surface area contributed by atoms with Crippen LogP contribution in [0.4, 0.5) is 5.69 Å². The number of hydrogen-bond donors (Lipinski definition) is 3. The highest BCUT2D eigenvalue weighted by molar-refractivity contribution is 7.80. The summed E-state index contributed by atoms with van der Waals surface area (Å²) in [7, 11) is 0. The summed E-state index contributed by atoms with van der Waals surface area (Å²) in [6.07, 6.45) is 2.73. The molecule has 3 rings (SSSR count). The van der Waals surface area contributed by atoms with Crippen LogP contribution in [0.2, 0.25) is 15.1 Å². The summed E-state index contributed by atoms with van der Waals surface area (Å²) in [4.78, 5) is 23.1. The van der Waals surface area contributed by atoms with Crippen molar-refractivity contribution < 1.29 is 19.1 Å². The molecule has 2 aromatic carbocycles. The third kappa shape index (κ3) is 6.32. The van der Waals surface area contributed by atoms with E-state index in [9.17, 15) is 9.59 Å². The van der Waals surface area contributed by atoms with Crippen molar-refractivity contribution in [3.05, 3.63) is 81.0 Å². The molecule has 0 unspecified atom stereocenters. The van der Waals surface area contributed by atoms with E-state index in [1.54, 1.807) is 30.3 Å². The van der Waals surface area contributed by atoms with Gasteiger partial charge in [0.25, 0.3) is 0 Å². The highest BCUT2D eigenvalue weighted by atomic mass is 35.5. The summed E-state index contributed by atoms with van der Waals surface area (Å²) >= 11 is 23.0. The largest absolute Gasteiger partial charge is 0.478 e. The first-order valence-electron chi connectivity index (χ1n) is 8.60. The minimum absolute atomic E-state index is 0.0162. The number of furan rings is 1. The highest BCUT2D eigenvalue weighted by Gasteiger charge is 2.10. The number of benzene rings is 2. The summed E-state index contributed by atoms with van der Waals surface area (Å²) in [6, 6.07) is 12.7. The van der Waals surface area contributed by atoms with Gasteiger partial charge in [-0.25, -0.2) is 4.79 Å². The molecule has 0 aliphatic carbocycles. The fourth-order valence-electron chi connectivity index (χ4n) is 2.53. The molecule has 0 bridgehead atoms. The molecule has 3 N–H and O–H groups in total. The second-order valence-electron chi connectivity index (χ2n) is 6.14. The molecule has 0 fully saturated rings. The van der Waals surface area contributed by atoms with Gasteiger partial charge in [0.15, 0.2) is 5.11 Å². The van der Waals surface area contributed by atoms with Gasteiger partial charge in [-0.3, -0.25) is 10.1 Å². The molecular formula is C21H13Cl3N2O4S. The Bertz CT molecular complexity index is 1190. The van der Waals surface area contributed by atoms with E-state index in [1.807, 2.05) is 0 Å². The molecule has 0 radical (unpaired) electrons. The van der Waals surface area contributed by atoms with Gasteiger partial charge in [-0.2, -0.15) is 0 Å². The lowest BCUT2D eigenvalue weighted by atomic mass is 10.2. The first-order chi connectivity index (χ1) is 14.7. The third-order valence-corrected chi connectivity index (χ3v) is 4.82. The van der Waals surface area contributed by atoms with Crippen molar-refractivity contribution in [1.29, 1.82) is 0 Å². The maximum absolute atomic E-state index is 12.1. The van der Waals surface area contributed by atoms with Gasteiger partial charge >= 0.3 is 5.97 Å². The Labute approximate surface area is 197 Å². The van der Waals surface area contributed by atoms with E-state index < -0.39 is 11.9 Å². The second kappa shape index (κ2) is 9.98. The van der Waals surface area contributed by atoms with Crippen LogP contribution in [0.15, 0.2) is 59.0 Å². The van der Waals surface area contributed by atoms with Crippen LogP contribution in [-0.2, 0) is 4.79 Å². The topological polar surface area (TPSA) is 91.6 Å². The number of carbonyl (C=O) groups excluding carboxylic acids is 1. The van der Waals surface area contributed by atoms with Gasteiger partial charge in [0, 0.05) is 27.4 Å². The first kappa shape index (κ1) is 22.8. The van der Waals surface area contributed by atoms with Crippen molar-refractivity contribution in [1.82, 2.24) is 5.32 Å². The molecule has 10 heteroatoms. The van der Waals surface area contributed by atoms with Gasteiger partial charge in [0.1, 0.15) is 11.5 Å². The fraction of sp³-hybridized carbons (Fsp3) is 0. The molecule has 0 spiro atoms. The van der Waals surface area contributed by atoms with Crippen LogP contribution in [0.25, 0.3) is 17.4 Å². The molecule has 3 aromatic rings. The maximum atomic E-state index is 12.1. The summed E-state index contributed by atoms with van der Waals surface area (Å²) in [5.41, 5.74) is 1.10. The van der Waals surface area contributed by atoms with Crippen LogP contribution in [0.1, 0.15) is 16.1 Å². The molecule has 0 aliphatic heterocycles. The number of carboxylic acids is 1. The van der Waals surface area contributed by atoms with Gasteiger partial charge in [-0.15, -0.1) is 0 Å². The lowest BCUT2D eigenvalue weighted by molar-refractivity contribution is -0.115. The molecule has 0 saturated carbocycles. The number of carbonyl (C=O) groups is 2. The molecule has 0 saturated heterocycles. The molecule has 1 heterocycles. The van der Waals surface area contributed by atoms with E-state index >= 15 is 0 Å². The van der Waals surface area contributed by atoms with E-state index in [0.29, 0.717) is 32.8 Å². The molecular weight excluding hydrogens is 483 g/mol. The smallest absolute Gasteiger partial charge is 0.337 e. The van der Waals surface area contributed by atoms with E-state index in [2.05, 4.69) is 10.6 Å². The van der Waals surface area contributed by atoms with Crippen molar-refractivity contribution in [2.75, 3.05) is 5.32 Å². The van der Waals surface area contributed by atoms with Crippen LogP contribution in [0.3, 0.4) is 0 Å². The fourth-order valence-corrected chi connectivity index (χ4v) is 3.54. The highest BCUT2D eigenvalue weighted by Crippen LogP contribution is 2.29. The lowest BCUT2D eigenvalue weighted by Crippen LogP contribution is -2.32. The Hall–Kier alpha value is -2.84. The number of aromatic carboxylic acids is 1. The molecule has 0 atom stereocenters. The molecule has 0 aliphatic rings. The van der Waals surface area contributed by atoms with Crippen LogP contribution in [-0.4, -0.2) is 22.1 Å². The Kier molecular flexibility index (Phi) is 7.35. The summed E-state index contributed by atoms with van der Waals surface area (Å²) < 4.78 is 5.68. The monoisotopic (exact) mass is 494 g/mol. The van der Waals surface area contributed by atoms with Crippen LogP contribution in [0.5, 0.6) is 0 Å². The van der Waals surface area contributed by atoms with Crippen molar-refractivity contribution in [2.24, 2.45) is 0 Å². The Balaban J connectivity index is 1.59. The van der Waals surface area contributed by atoms with E-state index in [1.165, 1.54) is 30.4 Å². The normalized spacial score (nSPS) is 10.8. The maximum Gasteiger partial charge on any atom is 0.337 e. The van der Waals surface area contributed by atoms with Crippen molar-refractivity contribution >= 4 is 75.8 Å². The molecule has 158 valence electrons. The standard InChI is InChI=1S/C21H13Cl3N2O4S/c22-12-7-11(8-13(23)9-12)18-5-2-15(30-18)3-6-19(27)26-21(31)25-14-1-4-16(20(28)29)17(24)10-14/h1-10H,(H,28,29)(H2,25,26,27,31)/b6-3+. The quantitative estimate of drug-likeness (QED) is 0.291. The van der Waals surface area contributed by atoms with Gasteiger partial charge in [-0.05, 0) is 66.8 Å². The Morgan fingerprint density at radius 2 is 1.71 bits per heavy atom. The molecule has 1 amide bonds. The van der Waals surface area contributed by atoms with Crippen LogP contribution >= 0.6 is 47.0 Å². The van der Waals surface area contributed by atoms with Crippen LogP contribution < -0.4 is 10.6 Å². The summed E-state index contributed by atoms with van der Waals surface area (Å²) in [6.45, 7) is 0. The zero-order valence-corrected chi connectivity index (χ0v) is 18.6. The van der Waals surface area contributed by atoms with Crippen molar-refractivity contribution in [2.45, 2.75) is 0 Å². The third-order valence-electron chi connectivity index (χ3n) is 3.87. The molecule has 1 aromatic heterocycles. The van der Waals surface area contributed by atoms with Gasteiger partial charge in [-0.1, -0.05) is 34.8 Å². The zero-order valence-electron chi connectivity index (χ0n) is 15.5. The number of thiocarbonyl (C=S) groups is 1. The zero-order chi connectivity index (χ0) is 22.5. The average Bonchev–Trinajstić information content (AvgIpc) is 3.14. The van der Waals surface area contributed by atoms with E-state index in [-0.39, 0.29) is 15.7 Å². The van der Waals surface area contributed by atoms with E-state index in [0.717, 1.165) is 0 Å². The number of rotatable bonds is 5. The summed E-state index contributed by atoms with van der Waals surface area (Å²) in [5, 5.41) is 15.2. The predicted molar refractivity (Wildman–Crippen MR) is 126 cm³/mol. The number of nitrogens with one attached hydrogen (secondary N) is 2. The van der Waals surface area contributed by atoms with E-state index in [4.69, 9.17) is 56.5 Å². The molecule has 6 nitrogen and oxygen atoms in total. The number of carboxylic acid groups (broad SMARTS) is 1. The first-order valence-corrected chi connectivity index (χ1v) is 10.1. The van der Waals surface area contributed by atoms with Crippen molar-refractivity contribution in [3.63, 3.8) is 0 Å². The minimum atomic E-state index is -1.14. The second-order valence-corrected chi connectivity index (χ2v) is 7.82. The van der Waals surface area contributed by atoms with Gasteiger partial charge in [0.05, 0.1) is 10.6 Å². The predicted octanol–water partition coefficient (Wildman–Crippen LogP) is 6.13. The average molecular weight is 496 g/mol. The number of halogens is 3. The van der Waals surface area contributed by atoms with Gasteiger partial charge < -0.3 is 14.8 Å². The van der Waals surface area contributed by atoms with Crippen molar-refractivity contribution in [3.8, 4) is 11.3 Å². The Morgan fingerprint density at radius 3 is 2.35 bits per heavy atom. The number of hydrogen-bond acceptors (Lipinski definition) is 4. The number of amides is 1. The lowest BCUT2D eigenvalue weighted by Gasteiger charge is -2.09. The molecule has 31 heavy (non-hydrogen) atoms. The SMILES string of the molecule is O=C(/C=C/c1ccc(-c2cc(Cl)cc(Cl)c2)o1)NC(=S)Nc1ccc(C(=O)O)c(Cl)c1. The van der Waals surface area contributed by atoms with Gasteiger partial charge in [0.2, 0.25) is 5.91 Å².